The van der Waals surface area contributed by atoms with E-state index >= 15 is 0 Å². The molecular formula is C31H54F2O3. The van der Waals surface area contributed by atoms with E-state index < -0.39 is 18.4 Å². The van der Waals surface area contributed by atoms with Gasteiger partial charge in [0.25, 0.3) is 0 Å². The van der Waals surface area contributed by atoms with Gasteiger partial charge in [-0.05, 0) is 81.0 Å². The van der Waals surface area contributed by atoms with Gasteiger partial charge in [-0.1, -0.05) is 65.2 Å². The Hall–Kier alpha value is -0.550. The van der Waals surface area contributed by atoms with Crippen LogP contribution in [0.1, 0.15) is 123 Å². The van der Waals surface area contributed by atoms with Gasteiger partial charge in [-0.2, -0.15) is 0 Å². The number of hydrogen-bond donors (Lipinski definition) is 1. The number of carbonyl (C=O) groups excluding carboxylic acids is 1. The largest absolute Gasteiger partial charge is 0.390 e. The molecule has 36 heavy (non-hydrogen) atoms. The van der Waals surface area contributed by atoms with Gasteiger partial charge in [-0.15, -0.1) is 0 Å². The lowest BCUT2D eigenvalue weighted by atomic mass is 9.76. The van der Waals surface area contributed by atoms with Gasteiger partial charge >= 0.3 is 0 Å². The maximum atomic E-state index is 13.8. The van der Waals surface area contributed by atoms with Gasteiger partial charge < -0.3 is 9.84 Å². The minimum Gasteiger partial charge on any atom is -0.390 e. The fourth-order valence-electron chi connectivity index (χ4n) is 7.16. The molecule has 4 fully saturated rings. The SMILES string of the molecule is CC1CCC(CCC2CCC(O)C(F)C2)CC1.COC1CCC(C(=O)CC2CCC(C)CC2)CC1F. The lowest BCUT2D eigenvalue weighted by Crippen LogP contribution is -2.35. The van der Waals surface area contributed by atoms with Crippen molar-refractivity contribution >= 4 is 5.78 Å². The van der Waals surface area contributed by atoms with Crippen LogP contribution in [0.3, 0.4) is 0 Å². The van der Waals surface area contributed by atoms with E-state index in [2.05, 4.69) is 13.8 Å². The number of aliphatic hydroxyl groups is 1. The zero-order valence-electron chi connectivity index (χ0n) is 23.3. The number of hydrogen-bond acceptors (Lipinski definition) is 3. The molecule has 6 atom stereocenters. The first kappa shape index (κ1) is 30.0. The summed E-state index contributed by atoms with van der Waals surface area (Å²) in [6, 6.07) is 0. The van der Waals surface area contributed by atoms with Crippen molar-refractivity contribution in [1.29, 1.82) is 0 Å². The summed E-state index contributed by atoms with van der Waals surface area (Å²) in [5, 5.41) is 9.37. The number of rotatable bonds is 7. The minimum atomic E-state index is -0.959. The molecule has 4 aliphatic rings. The summed E-state index contributed by atoms with van der Waals surface area (Å²) < 4.78 is 32.3. The molecule has 4 saturated carbocycles. The molecule has 0 spiro atoms. The Morgan fingerprint density at radius 3 is 1.83 bits per heavy atom. The van der Waals surface area contributed by atoms with Crippen molar-refractivity contribution in [2.75, 3.05) is 7.11 Å². The standard InChI is InChI=1S/C16H27FO2.C15H27FO/c1-11-3-5-12(6-4-11)9-15(18)13-7-8-16(19-2)14(17)10-13;1-11-2-4-12(5-3-11)6-7-13-8-9-15(17)14(16)10-13/h11-14,16H,3-10H2,1-2H3;11-15,17H,2-10H2,1H3. The van der Waals surface area contributed by atoms with E-state index in [9.17, 15) is 18.7 Å². The van der Waals surface area contributed by atoms with E-state index in [-0.39, 0.29) is 12.0 Å². The van der Waals surface area contributed by atoms with Gasteiger partial charge in [0.05, 0.1) is 12.2 Å². The average Bonchev–Trinajstić information content (AvgIpc) is 2.87. The van der Waals surface area contributed by atoms with Crippen LogP contribution >= 0.6 is 0 Å². The van der Waals surface area contributed by atoms with E-state index in [0.29, 0.717) is 49.7 Å². The van der Waals surface area contributed by atoms with Crippen molar-refractivity contribution in [3.05, 3.63) is 0 Å². The van der Waals surface area contributed by atoms with Crippen molar-refractivity contribution in [3.63, 3.8) is 0 Å². The quantitative estimate of drug-likeness (QED) is 0.376. The molecule has 0 saturated heterocycles. The van der Waals surface area contributed by atoms with E-state index in [1.54, 1.807) is 7.11 Å². The number of ether oxygens (including phenoxy) is 1. The predicted molar refractivity (Wildman–Crippen MR) is 142 cm³/mol. The summed E-state index contributed by atoms with van der Waals surface area (Å²) in [5.41, 5.74) is 0. The summed E-state index contributed by atoms with van der Waals surface area (Å²) in [6.07, 6.45) is 14.9. The van der Waals surface area contributed by atoms with Gasteiger partial charge in [0, 0.05) is 19.4 Å². The summed E-state index contributed by atoms with van der Waals surface area (Å²) in [6.45, 7) is 4.64. The first-order valence-electron chi connectivity index (χ1n) is 15.3. The van der Waals surface area contributed by atoms with Crippen LogP contribution in [0.4, 0.5) is 8.78 Å². The zero-order valence-corrected chi connectivity index (χ0v) is 23.3. The lowest BCUT2D eigenvalue weighted by Gasteiger charge is -2.31. The van der Waals surface area contributed by atoms with Crippen LogP contribution in [-0.4, -0.2) is 42.6 Å². The third-order valence-electron chi connectivity index (χ3n) is 10.1. The smallest absolute Gasteiger partial charge is 0.136 e. The van der Waals surface area contributed by atoms with Crippen molar-refractivity contribution in [2.45, 2.75) is 148 Å². The molecule has 0 aliphatic heterocycles. The highest BCUT2D eigenvalue weighted by molar-refractivity contribution is 5.81. The van der Waals surface area contributed by atoms with E-state index in [1.165, 1.54) is 64.2 Å². The third-order valence-corrected chi connectivity index (χ3v) is 10.1. The third kappa shape index (κ3) is 9.64. The molecule has 0 amide bonds. The average molecular weight is 513 g/mol. The second kappa shape index (κ2) is 15.1. The molecule has 4 rings (SSSR count). The fourth-order valence-corrected chi connectivity index (χ4v) is 7.16. The number of halogens is 2. The summed E-state index contributed by atoms with van der Waals surface area (Å²) in [5.74, 6) is 3.98. The van der Waals surface area contributed by atoms with Crippen LogP contribution in [-0.2, 0) is 9.53 Å². The van der Waals surface area contributed by atoms with Crippen LogP contribution in [0.2, 0.25) is 0 Å². The van der Waals surface area contributed by atoms with Crippen LogP contribution in [0, 0.1) is 35.5 Å². The summed E-state index contributed by atoms with van der Waals surface area (Å²) >= 11 is 0. The molecule has 0 aromatic carbocycles. The Morgan fingerprint density at radius 1 is 0.722 bits per heavy atom. The fraction of sp³-hybridized carbons (Fsp3) is 0.968. The van der Waals surface area contributed by atoms with E-state index in [4.69, 9.17) is 4.74 Å². The highest BCUT2D eigenvalue weighted by Crippen LogP contribution is 2.36. The zero-order chi connectivity index (χ0) is 26.1. The maximum Gasteiger partial charge on any atom is 0.136 e. The Labute approximate surface area is 219 Å². The van der Waals surface area contributed by atoms with Gasteiger partial charge in [-0.25, -0.2) is 8.78 Å². The molecule has 0 aromatic rings. The van der Waals surface area contributed by atoms with Crippen molar-refractivity contribution in [2.24, 2.45) is 35.5 Å². The first-order chi connectivity index (χ1) is 17.2. The molecule has 0 heterocycles. The Kier molecular flexibility index (Phi) is 12.6. The maximum absolute atomic E-state index is 13.8. The number of ketones is 1. The molecule has 210 valence electrons. The topological polar surface area (TPSA) is 46.5 Å². The number of methoxy groups -OCH3 is 1. The van der Waals surface area contributed by atoms with Gasteiger partial charge in [-0.3, -0.25) is 4.79 Å². The first-order valence-corrected chi connectivity index (χ1v) is 15.3. The van der Waals surface area contributed by atoms with E-state index in [0.717, 1.165) is 30.6 Å². The Bertz CT molecular complexity index is 627. The Balaban J connectivity index is 0.000000202. The second-order valence-corrected chi connectivity index (χ2v) is 13.1. The normalized spacial score (nSPS) is 41.7. The molecule has 1 N–H and O–H groups in total. The minimum absolute atomic E-state index is 0.0549. The van der Waals surface area contributed by atoms with Crippen LogP contribution in [0.15, 0.2) is 0 Å². The summed E-state index contributed by atoms with van der Waals surface area (Å²) in [4.78, 5) is 12.3. The lowest BCUT2D eigenvalue weighted by molar-refractivity contribution is -0.127. The second-order valence-electron chi connectivity index (χ2n) is 13.1. The van der Waals surface area contributed by atoms with Crippen molar-refractivity contribution < 1.29 is 23.4 Å². The number of carbonyl (C=O) groups is 1. The molecule has 3 nitrogen and oxygen atoms in total. The monoisotopic (exact) mass is 512 g/mol. The van der Waals surface area contributed by atoms with Crippen molar-refractivity contribution in [3.8, 4) is 0 Å². The van der Waals surface area contributed by atoms with Crippen LogP contribution in [0.5, 0.6) is 0 Å². The highest BCUT2D eigenvalue weighted by atomic mass is 19.1. The number of Topliss-reactive ketones (excluding diaryl/α,β-unsaturated/α-hetero) is 1. The molecular weight excluding hydrogens is 458 g/mol. The van der Waals surface area contributed by atoms with E-state index in [1.807, 2.05) is 0 Å². The summed E-state index contributed by atoms with van der Waals surface area (Å²) in [7, 11) is 1.56. The number of aliphatic hydroxyl groups excluding tert-OH is 1. The Morgan fingerprint density at radius 2 is 1.28 bits per heavy atom. The molecule has 0 radical (unpaired) electrons. The predicted octanol–water partition coefficient (Wildman–Crippen LogP) is 8.02. The molecule has 4 aliphatic carbocycles. The molecule has 6 unspecified atom stereocenters. The van der Waals surface area contributed by atoms with Gasteiger partial charge in [0.1, 0.15) is 18.1 Å². The molecule has 0 aromatic heterocycles. The van der Waals surface area contributed by atoms with Gasteiger partial charge in [0.2, 0.25) is 0 Å². The molecule has 0 bridgehead atoms. The van der Waals surface area contributed by atoms with Gasteiger partial charge in [0.15, 0.2) is 0 Å². The highest BCUT2D eigenvalue weighted by Gasteiger charge is 2.35. The number of alkyl halides is 2. The van der Waals surface area contributed by atoms with Crippen LogP contribution < -0.4 is 0 Å². The van der Waals surface area contributed by atoms with Crippen LogP contribution in [0.25, 0.3) is 0 Å². The molecule has 5 heteroatoms. The van der Waals surface area contributed by atoms with Crippen molar-refractivity contribution in [1.82, 2.24) is 0 Å².